The number of carbonyl (C=O) groups excluding carboxylic acids is 2. The third kappa shape index (κ3) is 4.22. The molecule has 0 saturated carbocycles. The summed E-state index contributed by atoms with van der Waals surface area (Å²) in [5.41, 5.74) is 0.746. The Bertz CT molecular complexity index is 589. The van der Waals surface area contributed by atoms with E-state index in [9.17, 15) is 9.59 Å². The van der Waals surface area contributed by atoms with Crippen LogP contribution in [0, 0.1) is 3.57 Å². The molecule has 1 N–H and O–H groups in total. The number of halogens is 1. The van der Waals surface area contributed by atoms with Gasteiger partial charge in [0.1, 0.15) is 5.25 Å². The summed E-state index contributed by atoms with van der Waals surface area (Å²) in [6.07, 6.45) is 0.161. The van der Waals surface area contributed by atoms with Gasteiger partial charge in [-0.05, 0) is 60.7 Å². The van der Waals surface area contributed by atoms with Crippen molar-refractivity contribution in [3.05, 3.63) is 27.8 Å². The molecule has 1 aromatic rings. The van der Waals surface area contributed by atoms with Crippen LogP contribution in [-0.4, -0.2) is 40.2 Å². The van der Waals surface area contributed by atoms with Crippen LogP contribution >= 0.6 is 34.4 Å². The van der Waals surface area contributed by atoms with Crippen LogP contribution in [0.4, 0.5) is 5.69 Å². The molecule has 1 fully saturated rings. The zero-order valence-corrected chi connectivity index (χ0v) is 15.5. The van der Waals surface area contributed by atoms with E-state index in [-0.39, 0.29) is 23.5 Å². The highest BCUT2D eigenvalue weighted by Crippen LogP contribution is 2.29. The van der Waals surface area contributed by atoms with E-state index in [0.717, 1.165) is 14.4 Å². The lowest BCUT2D eigenvalue weighted by atomic mass is 10.2. The quantitative estimate of drug-likeness (QED) is 0.730. The predicted octanol–water partition coefficient (Wildman–Crippen LogP) is 2.96. The summed E-state index contributed by atoms with van der Waals surface area (Å²) < 4.78 is 1.11. The Kier molecular flexibility index (Phi) is 6.25. The molecule has 5 nitrogen and oxygen atoms in total. The fourth-order valence-electron chi connectivity index (χ4n) is 2.10. The molecule has 1 heterocycles. The number of nitrogens with one attached hydrogen (secondary N) is 1. The lowest BCUT2D eigenvalue weighted by Crippen LogP contribution is -2.33. The van der Waals surface area contributed by atoms with Gasteiger partial charge < -0.3 is 5.32 Å². The van der Waals surface area contributed by atoms with Crippen LogP contribution in [0.5, 0.6) is 0 Å². The minimum atomic E-state index is -0.380. The van der Waals surface area contributed by atoms with Gasteiger partial charge in [-0.3, -0.25) is 19.5 Å². The third-order valence-electron chi connectivity index (χ3n) is 3.13. The van der Waals surface area contributed by atoms with Gasteiger partial charge >= 0.3 is 0 Å². The number of amides is 2. The number of hydrogen-bond donors (Lipinski definition) is 1. The Labute approximate surface area is 148 Å². The molecule has 0 radical (unpaired) electrons. The minimum absolute atomic E-state index is 0.0301. The van der Waals surface area contributed by atoms with Crippen molar-refractivity contribution in [1.29, 1.82) is 0 Å². The average Bonchev–Trinajstić information content (AvgIpc) is 2.77. The smallest absolute Gasteiger partial charge is 0.242 e. The molecule has 1 saturated heterocycles. The molecular weight excluding hydrogens is 413 g/mol. The van der Waals surface area contributed by atoms with E-state index in [1.807, 2.05) is 38.1 Å². The number of aliphatic imine (C=N–C) groups is 1. The van der Waals surface area contributed by atoms with Crippen molar-refractivity contribution in [2.24, 2.45) is 4.99 Å². The Morgan fingerprint density at radius 2 is 2.05 bits per heavy atom. The average molecular weight is 431 g/mol. The fourth-order valence-corrected chi connectivity index (χ4v) is 3.73. The second-order valence-corrected chi connectivity index (χ2v) is 7.12. The van der Waals surface area contributed by atoms with Crippen molar-refractivity contribution >= 4 is 57.0 Å². The number of benzene rings is 1. The number of amidine groups is 1. The summed E-state index contributed by atoms with van der Waals surface area (Å²) in [6, 6.07) is 7.56. The predicted molar refractivity (Wildman–Crippen MR) is 99.1 cm³/mol. The van der Waals surface area contributed by atoms with Gasteiger partial charge in [0.05, 0.1) is 0 Å². The van der Waals surface area contributed by atoms with E-state index < -0.39 is 0 Å². The molecule has 0 spiro atoms. The standard InChI is InChI=1S/C15H18IN3O2S/c1-3-17-15-19(4-2)14(21)12(22-15)9-13(20)18-11-7-5-10(16)6-8-11/h5-8,12H,3-4,9H2,1-2H3,(H,18,20). The zero-order chi connectivity index (χ0) is 16.1. The summed E-state index contributed by atoms with van der Waals surface area (Å²) in [5.74, 6) is -0.182. The Morgan fingerprint density at radius 3 is 2.64 bits per heavy atom. The molecule has 22 heavy (non-hydrogen) atoms. The summed E-state index contributed by atoms with van der Waals surface area (Å²) in [4.78, 5) is 30.4. The van der Waals surface area contributed by atoms with Gasteiger partial charge in [-0.2, -0.15) is 0 Å². The highest BCUT2D eigenvalue weighted by Gasteiger charge is 2.37. The number of carbonyl (C=O) groups is 2. The van der Waals surface area contributed by atoms with Crippen molar-refractivity contribution in [1.82, 2.24) is 4.90 Å². The largest absolute Gasteiger partial charge is 0.326 e. The lowest BCUT2D eigenvalue weighted by molar-refractivity contribution is -0.128. The van der Waals surface area contributed by atoms with Crippen molar-refractivity contribution < 1.29 is 9.59 Å². The van der Waals surface area contributed by atoms with Crippen LogP contribution in [0.25, 0.3) is 0 Å². The summed E-state index contributed by atoms with van der Waals surface area (Å²) >= 11 is 3.59. The SMILES string of the molecule is CCN=C1SC(CC(=O)Nc2ccc(I)cc2)C(=O)N1CC. The Morgan fingerprint density at radius 1 is 1.36 bits per heavy atom. The van der Waals surface area contributed by atoms with Crippen LogP contribution in [0.1, 0.15) is 20.3 Å². The van der Waals surface area contributed by atoms with E-state index in [2.05, 4.69) is 32.9 Å². The Balaban J connectivity index is 1.98. The first-order valence-electron chi connectivity index (χ1n) is 7.13. The first kappa shape index (κ1) is 17.3. The van der Waals surface area contributed by atoms with E-state index in [1.54, 1.807) is 4.90 Å². The minimum Gasteiger partial charge on any atom is -0.326 e. The van der Waals surface area contributed by atoms with Crippen LogP contribution in [0.15, 0.2) is 29.3 Å². The normalized spacial score (nSPS) is 19.8. The molecular formula is C15H18IN3O2S. The van der Waals surface area contributed by atoms with E-state index >= 15 is 0 Å². The molecule has 1 aromatic carbocycles. The van der Waals surface area contributed by atoms with Gasteiger partial charge in [-0.25, -0.2) is 0 Å². The topological polar surface area (TPSA) is 61.8 Å². The van der Waals surface area contributed by atoms with Crippen LogP contribution in [0.2, 0.25) is 0 Å². The number of nitrogens with zero attached hydrogens (tertiary/aromatic N) is 2. The number of rotatable bonds is 5. The molecule has 1 unspecified atom stereocenters. The number of hydrogen-bond acceptors (Lipinski definition) is 4. The first-order chi connectivity index (χ1) is 10.5. The number of anilines is 1. The summed E-state index contributed by atoms with van der Waals surface area (Å²) in [5, 5.41) is 3.17. The van der Waals surface area contributed by atoms with E-state index in [1.165, 1.54) is 11.8 Å². The van der Waals surface area contributed by atoms with Gasteiger partial charge in [-0.15, -0.1) is 0 Å². The van der Waals surface area contributed by atoms with Crippen LogP contribution in [0.3, 0.4) is 0 Å². The van der Waals surface area contributed by atoms with Crippen molar-refractivity contribution in [2.75, 3.05) is 18.4 Å². The lowest BCUT2D eigenvalue weighted by Gasteiger charge is -2.13. The summed E-state index contributed by atoms with van der Waals surface area (Å²) in [6.45, 7) is 5.06. The molecule has 0 bridgehead atoms. The van der Waals surface area contributed by atoms with Gasteiger partial charge in [0.2, 0.25) is 11.8 Å². The van der Waals surface area contributed by atoms with E-state index in [0.29, 0.717) is 13.1 Å². The van der Waals surface area contributed by atoms with Crippen LogP contribution < -0.4 is 5.32 Å². The monoisotopic (exact) mass is 431 g/mol. The van der Waals surface area contributed by atoms with Gasteiger partial charge in [0, 0.05) is 28.8 Å². The summed E-state index contributed by atoms with van der Waals surface area (Å²) in [7, 11) is 0. The van der Waals surface area contributed by atoms with Gasteiger partial charge in [0.25, 0.3) is 0 Å². The first-order valence-corrected chi connectivity index (χ1v) is 9.08. The maximum absolute atomic E-state index is 12.3. The highest BCUT2D eigenvalue weighted by atomic mass is 127. The van der Waals surface area contributed by atoms with Gasteiger partial charge in [-0.1, -0.05) is 11.8 Å². The maximum Gasteiger partial charge on any atom is 0.242 e. The van der Waals surface area contributed by atoms with Crippen molar-refractivity contribution in [3.63, 3.8) is 0 Å². The number of thioether (sulfide) groups is 1. The Hall–Kier alpha value is -1.09. The zero-order valence-electron chi connectivity index (χ0n) is 12.5. The molecule has 0 aliphatic carbocycles. The molecule has 0 aromatic heterocycles. The van der Waals surface area contributed by atoms with E-state index in [4.69, 9.17) is 0 Å². The molecule has 1 aliphatic rings. The second-order valence-electron chi connectivity index (χ2n) is 4.71. The fraction of sp³-hybridized carbons (Fsp3) is 0.400. The third-order valence-corrected chi connectivity index (χ3v) is 5.06. The molecule has 1 atom stereocenters. The van der Waals surface area contributed by atoms with Crippen LogP contribution in [-0.2, 0) is 9.59 Å². The van der Waals surface area contributed by atoms with Crippen molar-refractivity contribution in [2.45, 2.75) is 25.5 Å². The molecule has 1 aliphatic heterocycles. The molecule has 118 valence electrons. The molecule has 7 heteroatoms. The highest BCUT2D eigenvalue weighted by molar-refractivity contribution is 14.1. The molecule has 2 rings (SSSR count). The maximum atomic E-state index is 12.3. The second kappa shape index (κ2) is 7.96. The molecule has 2 amide bonds. The van der Waals surface area contributed by atoms with Crippen molar-refractivity contribution in [3.8, 4) is 0 Å². The van der Waals surface area contributed by atoms with Gasteiger partial charge in [0.15, 0.2) is 5.17 Å².